The Morgan fingerprint density at radius 1 is 0.397 bits per heavy atom. The van der Waals surface area contributed by atoms with Gasteiger partial charge in [-0.3, -0.25) is 0 Å². The van der Waals surface area contributed by atoms with Crippen molar-refractivity contribution >= 4 is 11.9 Å². The quantitative estimate of drug-likeness (QED) is 0.0316. The molecule has 0 fully saturated rings. The highest BCUT2D eigenvalue weighted by Gasteiger charge is 2.07. The van der Waals surface area contributed by atoms with Gasteiger partial charge in [0.1, 0.15) is 13.1 Å². The van der Waals surface area contributed by atoms with E-state index in [-0.39, 0.29) is 36.8 Å². The summed E-state index contributed by atoms with van der Waals surface area (Å²) in [6, 6.07) is 9.06. The predicted octanol–water partition coefficient (Wildman–Crippen LogP) is 7.10. The molecule has 0 saturated carbocycles. The summed E-state index contributed by atoms with van der Waals surface area (Å²) in [7, 11) is 0. The Morgan fingerprint density at radius 2 is 0.603 bits per heavy atom. The molecule has 8 heteroatoms. The SMILES string of the molecule is C=C(C)C(=O)OCCCCCCCCCCCCCCCC[n+]1ccc(-c2cc[n+](CCCCCCCCCCCCCCCCOC(=O)C(=C)C)cc2)cc1.[Cl-].[Cl-]. The predicted molar refractivity (Wildman–Crippen MR) is 233 cm³/mol. The zero-order valence-electron chi connectivity index (χ0n) is 36.9. The van der Waals surface area contributed by atoms with Gasteiger partial charge in [-0.25, -0.2) is 18.7 Å². The van der Waals surface area contributed by atoms with Crippen LogP contribution in [0.3, 0.4) is 0 Å². The summed E-state index contributed by atoms with van der Waals surface area (Å²) < 4.78 is 15.0. The van der Waals surface area contributed by atoms with Crippen molar-refractivity contribution in [2.75, 3.05) is 13.2 Å². The molecule has 6 nitrogen and oxygen atoms in total. The maximum absolute atomic E-state index is 11.4. The van der Waals surface area contributed by atoms with Crippen LogP contribution in [0.15, 0.2) is 73.4 Å². The standard InChI is InChI=1S/C50H82N2O4.2ClH/c1-45(2)49(53)55-43-31-27-23-19-15-11-7-5-9-13-17-21-25-29-37-51-39-33-47(34-40-51)48-35-41-52(42-36-48)38-30-26-22-18-14-10-6-8-12-16-20-24-28-32-44-56-50(54)46(3)4;;/h33-36,39-42H,1,3,5-32,37-38,43-44H2,2,4H3;2*1H/q+2;;/p-2. The van der Waals surface area contributed by atoms with Crippen LogP contribution in [0.25, 0.3) is 11.1 Å². The monoisotopic (exact) mass is 845 g/mol. The molecule has 2 heterocycles. The molecule has 0 N–H and O–H groups in total. The van der Waals surface area contributed by atoms with Gasteiger partial charge in [0.25, 0.3) is 0 Å². The number of aryl methyl sites for hydroxylation is 2. The molecule has 0 radical (unpaired) electrons. The second-order valence-corrected chi connectivity index (χ2v) is 16.4. The van der Waals surface area contributed by atoms with Gasteiger partial charge in [-0.2, -0.15) is 0 Å². The summed E-state index contributed by atoms with van der Waals surface area (Å²) in [5.74, 6) is -0.524. The molecule has 2 rings (SSSR count). The van der Waals surface area contributed by atoms with Crippen molar-refractivity contribution in [1.82, 2.24) is 0 Å². The zero-order chi connectivity index (χ0) is 40.3. The fourth-order valence-corrected chi connectivity index (χ4v) is 7.21. The molecule has 0 aliphatic rings. The Kier molecular flexibility index (Phi) is 36.7. The molecule has 0 saturated heterocycles. The first-order chi connectivity index (χ1) is 27.4. The average Bonchev–Trinajstić information content (AvgIpc) is 3.20. The second kappa shape index (κ2) is 38.5. The van der Waals surface area contributed by atoms with Crippen LogP contribution >= 0.6 is 0 Å². The Labute approximate surface area is 367 Å². The van der Waals surface area contributed by atoms with E-state index in [1.54, 1.807) is 13.8 Å². The summed E-state index contributed by atoms with van der Waals surface area (Å²) in [5, 5.41) is 0. The minimum Gasteiger partial charge on any atom is -1.00 e. The fraction of sp³-hybridized carbons (Fsp3) is 0.680. The van der Waals surface area contributed by atoms with Crippen LogP contribution in [0.2, 0.25) is 0 Å². The molecule has 0 spiro atoms. The lowest BCUT2D eigenvalue weighted by Gasteiger charge is -2.05. The summed E-state index contributed by atoms with van der Waals surface area (Å²) in [5.41, 5.74) is 3.56. The van der Waals surface area contributed by atoms with Gasteiger partial charge in [0, 0.05) is 48.3 Å². The van der Waals surface area contributed by atoms with E-state index in [1.165, 1.54) is 165 Å². The Morgan fingerprint density at radius 3 is 0.828 bits per heavy atom. The van der Waals surface area contributed by atoms with Crippen molar-refractivity contribution in [3.8, 4) is 11.1 Å². The van der Waals surface area contributed by atoms with Crippen LogP contribution in [-0.4, -0.2) is 25.2 Å². The van der Waals surface area contributed by atoms with Crippen LogP contribution in [0.5, 0.6) is 0 Å². The number of halogens is 2. The van der Waals surface area contributed by atoms with Crippen LogP contribution in [0, 0.1) is 0 Å². The minimum absolute atomic E-state index is 0. The lowest BCUT2D eigenvalue weighted by Crippen LogP contribution is -3.00. The molecule has 0 amide bonds. The highest BCUT2D eigenvalue weighted by atomic mass is 35.5. The largest absolute Gasteiger partial charge is 1.00 e. The second-order valence-electron chi connectivity index (χ2n) is 16.4. The number of unbranched alkanes of at least 4 members (excludes halogenated alkanes) is 26. The number of ether oxygens (including phenoxy) is 2. The number of pyridine rings is 2. The zero-order valence-corrected chi connectivity index (χ0v) is 38.5. The van der Waals surface area contributed by atoms with E-state index >= 15 is 0 Å². The van der Waals surface area contributed by atoms with E-state index in [9.17, 15) is 9.59 Å². The molecule has 330 valence electrons. The third-order valence-corrected chi connectivity index (χ3v) is 10.9. The first-order valence-electron chi connectivity index (χ1n) is 23.0. The van der Waals surface area contributed by atoms with E-state index in [1.807, 2.05) is 0 Å². The van der Waals surface area contributed by atoms with Gasteiger partial charge in [-0.15, -0.1) is 0 Å². The number of aromatic nitrogens is 2. The van der Waals surface area contributed by atoms with E-state index in [4.69, 9.17) is 9.47 Å². The van der Waals surface area contributed by atoms with E-state index in [0.29, 0.717) is 24.4 Å². The molecule has 0 unspecified atom stereocenters. The van der Waals surface area contributed by atoms with Gasteiger partial charge >= 0.3 is 11.9 Å². The highest BCUT2D eigenvalue weighted by Crippen LogP contribution is 2.17. The summed E-state index contributed by atoms with van der Waals surface area (Å²) in [6.07, 6.45) is 45.3. The molecule has 58 heavy (non-hydrogen) atoms. The molecule has 2 aromatic rings. The maximum Gasteiger partial charge on any atom is 0.333 e. The summed E-state index contributed by atoms with van der Waals surface area (Å²) in [4.78, 5) is 22.7. The number of hydrogen-bond acceptors (Lipinski definition) is 4. The molecule has 0 aliphatic carbocycles. The molecular weight excluding hydrogens is 763 g/mol. The van der Waals surface area contributed by atoms with Crippen molar-refractivity contribution in [2.24, 2.45) is 0 Å². The molecule has 2 aromatic heterocycles. The molecule has 0 bridgehead atoms. The van der Waals surface area contributed by atoms with Gasteiger partial charge in [0.2, 0.25) is 0 Å². The van der Waals surface area contributed by atoms with Crippen LogP contribution in [-0.2, 0) is 32.2 Å². The number of nitrogens with zero attached hydrogens (tertiary/aromatic N) is 2. The minimum atomic E-state index is -0.262. The van der Waals surface area contributed by atoms with Gasteiger partial charge in [-0.1, -0.05) is 154 Å². The Balaban J connectivity index is 0.0000162. The molecular formula is C50H82Cl2N2O4. The number of carbonyl (C=O) groups excluding carboxylic acids is 2. The van der Waals surface area contributed by atoms with Crippen LogP contribution in [0.4, 0.5) is 0 Å². The topological polar surface area (TPSA) is 60.4 Å². The number of carbonyl (C=O) groups is 2. The highest BCUT2D eigenvalue weighted by molar-refractivity contribution is 5.87. The third-order valence-electron chi connectivity index (χ3n) is 10.9. The van der Waals surface area contributed by atoms with Crippen molar-refractivity contribution < 1.29 is 53.0 Å². The smallest absolute Gasteiger partial charge is 0.333 e. The Bertz CT molecular complexity index is 1210. The van der Waals surface area contributed by atoms with Gasteiger partial charge in [-0.05, 0) is 50.7 Å². The van der Waals surface area contributed by atoms with Gasteiger partial charge in [0.15, 0.2) is 24.8 Å². The van der Waals surface area contributed by atoms with Crippen LogP contribution in [0.1, 0.15) is 194 Å². The van der Waals surface area contributed by atoms with E-state index < -0.39 is 0 Å². The molecule has 0 aromatic carbocycles. The Hall–Kier alpha value is -2.70. The first kappa shape index (κ1) is 55.3. The van der Waals surface area contributed by atoms with E-state index in [0.717, 1.165) is 38.8 Å². The van der Waals surface area contributed by atoms with Crippen molar-refractivity contribution in [2.45, 2.75) is 207 Å². The maximum atomic E-state index is 11.4. The number of rotatable bonds is 37. The normalized spacial score (nSPS) is 10.7. The molecule has 0 atom stereocenters. The number of esters is 2. The lowest BCUT2D eigenvalue weighted by atomic mass is 10.0. The summed E-state index contributed by atoms with van der Waals surface area (Å²) >= 11 is 0. The van der Waals surface area contributed by atoms with Gasteiger partial charge < -0.3 is 34.3 Å². The summed E-state index contributed by atoms with van der Waals surface area (Å²) in [6.45, 7) is 13.9. The third kappa shape index (κ3) is 30.4. The fourth-order valence-electron chi connectivity index (χ4n) is 7.21. The number of hydrogen-bond donors (Lipinski definition) is 0. The van der Waals surface area contributed by atoms with Crippen LogP contribution < -0.4 is 33.9 Å². The lowest BCUT2D eigenvalue weighted by molar-refractivity contribution is -0.697. The van der Waals surface area contributed by atoms with Crippen molar-refractivity contribution in [1.29, 1.82) is 0 Å². The first-order valence-corrected chi connectivity index (χ1v) is 23.0. The van der Waals surface area contributed by atoms with E-state index in [2.05, 4.69) is 71.3 Å². The molecule has 0 aliphatic heterocycles. The van der Waals surface area contributed by atoms with Crippen molar-refractivity contribution in [3.05, 3.63) is 73.4 Å². The van der Waals surface area contributed by atoms with Gasteiger partial charge in [0.05, 0.1) is 13.2 Å². The average molecular weight is 846 g/mol. The van der Waals surface area contributed by atoms with Crippen molar-refractivity contribution in [3.63, 3.8) is 0 Å².